The summed E-state index contributed by atoms with van der Waals surface area (Å²) in [6, 6.07) is 7.27. The van der Waals surface area contributed by atoms with Crippen LogP contribution in [0.1, 0.15) is 0 Å². The highest BCUT2D eigenvalue weighted by atomic mass is 16.5. The quantitative estimate of drug-likeness (QED) is 0.567. The van der Waals surface area contributed by atoms with Gasteiger partial charge in [-0.2, -0.15) is 4.98 Å². The standard InChI is InChI=1S/C20H20N8O3/c21-19-22-9-12(10-23-19)14-8-17(27-20(26-14)28-3-5-30-6-4-28)24-13-1-2-16-15(7-13)25-18(29)11-31-16/h1-2,7-10H,3-6,11H2,(H,25,29)(H2,21,22,23)(H,24,26,27). The largest absolute Gasteiger partial charge is 0.482 e. The van der Waals surface area contributed by atoms with Crippen LogP contribution in [0.15, 0.2) is 36.7 Å². The molecule has 158 valence electrons. The Kier molecular flexibility index (Phi) is 4.92. The summed E-state index contributed by atoms with van der Waals surface area (Å²) in [5, 5.41) is 6.09. The van der Waals surface area contributed by atoms with Gasteiger partial charge in [-0.1, -0.05) is 0 Å². The van der Waals surface area contributed by atoms with E-state index in [2.05, 4.69) is 30.5 Å². The molecule has 0 bridgehead atoms. The van der Waals surface area contributed by atoms with E-state index < -0.39 is 0 Å². The molecule has 0 unspecified atom stereocenters. The van der Waals surface area contributed by atoms with Crippen LogP contribution in [0.3, 0.4) is 0 Å². The maximum absolute atomic E-state index is 11.6. The molecule has 0 aliphatic carbocycles. The molecule has 0 radical (unpaired) electrons. The summed E-state index contributed by atoms with van der Waals surface area (Å²) in [5.41, 5.74) is 8.36. The predicted octanol–water partition coefficient (Wildman–Crippen LogP) is 1.43. The average molecular weight is 420 g/mol. The van der Waals surface area contributed by atoms with Crippen molar-refractivity contribution in [2.24, 2.45) is 0 Å². The minimum absolute atomic E-state index is 0.0155. The van der Waals surface area contributed by atoms with E-state index in [1.54, 1.807) is 24.5 Å². The van der Waals surface area contributed by atoms with Gasteiger partial charge in [0, 0.05) is 42.8 Å². The second kappa shape index (κ2) is 8.03. The molecule has 2 aliphatic heterocycles. The van der Waals surface area contributed by atoms with Crippen LogP contribution in [0.2, 0.25) is 0 Å². The number of rotatable bonds is 4. The lowest BCUT2D eigenvalue weighted by Gasteiger charge is -2.27. The fourth-order valence-corrected chi connectivity index (χ4v) is 3.33. The number of nitrogens with one attached hydrogen (secondary N) is 2. The summed E-state index contributed by atoms with van der Waals surface area (Å²) in [6.07, 6.45) is 3.26. The van der Waals surface area contributed by atoms with Gasteiger partial charge in [-0.25, -0.2) is 15.0 Å². The van der Waals surface area contributed by atoms with Gasteiger partial charge in [0.25, 0.3) is 5.91 Å². The molecule has 3 aromatic rings. The minimum Gasteiger partial charge on any atom is -0.482 e. The van der Waals surface area contributed by atoms with Gasteiger partial charge >= 0.3 is 0 Å². The molecule has 1 fully saturated rings. The number of carbonyl (C=O) groups is 1. The van der Waals surface area contributed by atoms with Gasteiger partial charge < -0.3 is 30.7 Å². The number of ether oxygens (including phenoxy) is 2. The lowest BCUT2D eigenvalue weighted by molar-refractivity contribution is -0.118. The second-order valence-corrected chi connectivity index (χ2v) is 7.04. The summed E-state index contributed by atoms with van der Waals surface area (Å²) < 4.78 is 10.9. The summed E-state index contributed by atoms with van der Waals surface area (Å²) in [5.74, 6) is 1.80. The SMILES string of the molecule is Nc1ncc(-c2cc(Nc3ccc4c(c3)NC(=O)CO4)nc(N3CCOCC3)n2)cn1. The van der Waals surface area contributed by atoms with Crippen molar-refractivity contribution in [3.8, 4) is 17.0 Å². The van der Waals surface area contributed by atoms with E-state index in [1.165, 1.54) is 0 Å². The van der Waals surface area contributed by atoms with Crippen molar-refractivity contribution in [2.45, 2.75) is 0 Å². The number of morpholine rings is 1. The first-order chi connectivity index (χ1) is 15.1. The summed E-state index contributed by atoms with van der Waals surface area (Å²) in [6.45, 7) is 2.64. The van der Waals surface area contributed by atoms with Crippen LogP contribution in [0.5, 0.6) is 5.75 Å². The van der Waals surface area contributed by atoms with Crippen molar-refractivity contribution in [1.82, 2.24) is 19.9 Å². The first-order valence-electron chi connectivity index (χ1n) is 9.77. The fourth-order valence-electron chi connectivity index (χ4n) is 3.33. The molecule has 0 spiro atoms. The molecule has 4 heterocycles. The molecule has 4 N–H and O–H groups in total. The first-order valence-corrected chi connectivity index (χ1v) is 9.77. The van der Waals surface area contributed by atoms with Gasteiger partial charge in [-0.3, -0.25) is 4.79 Å². The van der Waals surface area contributed by atoms with E-state index in [0.717, 1.165) is 11.3 Å². The Hall–Kier alpha value is -3.99. The number of hydrogen-bond acceptors (Lipinski definition) is 10. The summed E-state index contributed by atoms with van der Waals surface area (Å²) in [4.78, 5) is 31.2. The monoisotopic (exact) mass is 420 g/mol. The van der Waals surface area contributed by atoms with Gasteiger partial charge in [0.1, 0.15) is 11.6 Å². The highest BCUT2D eigenvalue weighted by molar-refractivity contribution is 5.96. The Morgan fingerprint density at radius 1 is 1.10 bits per heavy atom. The van der Waals surface area contributed by atoms with Gasteiger partial charge in [0.2, 0.25) is 11.9 Å². The zero-order valence-corrected chi connectivity index (χ0v) is 16.5. The molecule has 11 heteroatoms. The van der Waals surface area contributed by atoms with E-state index in [1.807, 2.05) is 12.1 Å². The number of amides is 1. The lowest BCUT2D eigenvalue weighted by Crippen LogP contribution is -2.37. The van der Waals surface area contributed by atoms with E-state index in [-0.39, 0.29) is 18.5 Å². The number of benzene rings is 1. The van der Waals surface area contributed by atoms with Crippen LogP contribution in [0.4, 0.5) is 29.1 Å². The molecule has 0 atom stereocenters. The van der Waals surface area contributed by atoms with Gasteiger partial charge in [0.05, 0.1) is 24.6 Å². The number of anilines is 5. The number of carbonyl (C=O) groups excluding carboxylic acids is 1. The van der Waals surface area contributed by atoms with Crippen molar-refractivity contribution < 1.29 is 14.3 Å². The van der Waals surface area contributed by atoms with Crippen LogP contribution in [-0.4, -0.2) is 58.8 Å². The third-order valence-electron chi connectivity index (χ3n) is 4.86. The molecule has 0 saturated carbocycles. The second-order valence-electron chi connectivity index (χ2n) is 7.04. The van der Waals surface area contributed by atoms with Gasteiger partial charge in [-0.05, 0) is 18.2 Å². The van der Waals surface area contributed by atoms with Crippen molar-refractivity contribution >= 4 is 35.0 Å². The smallest absolute Gasteiger partial charge is 0.262 e. The fraction of sp³-hybridized carbons (Fsp3) is 0.250. The average Bonchev–Trinajstić information content (AvgIpc) is 2.80. The Balaban J connectivity index is 1.49. The van der Waals surface area contributed by atoms with E-state index in [0.29, 0.717) is 55.2 Å². The van der Waals surface area contributed by atoms with E-state index in [4.69, 9.17) is 20.2 Å². The molecule has 2 aromatic heterocycles. The third-order valence-corrected chi connectivity index (χ3v) is 4.86. The number of aromatic nitrogens is 4. The number of hydrogen-bond donors (Lipinski definition) is 3. The van der Waals surface area contributed by atoms with Crippen LogP contribution < -0.4 is 26.0 Å². The molecule has 2 aliphatic rings. The van der Waals surface area contributed by atoms with Crippen LogP contribution in [0.25, 0.3) is 11.3 Å². The zero-order chi connectivity index (χ0) is 21.2. The molecule has 31 heavy (non-hydrogen) atoms. The molecule has 5 rings (SSSR count). The molecular formula is C20H20N8O3. The van der Waals surface area contributed by atoms with E-state index >= 15 is 0 Å². The van der Waals surface area contributed by atoms with Crippen molar-refractivity contribution in [1.29, 1.82) is 0 Å². The number of nitrogens with two attached hydrogens (primary N) is 1. The van der Waals surface area contributed by atoms with Gasteiger partial charge in [0.15, 0.2) is 6.61 Å². The number of nitrogens with zero attached hydrogens (tertiary/aromatic N) is 5. The molecule has 1 amide bonds. The van der Waals surface area contributed by atoms with Crippen molar-refractivity contribution in [3.05, 3.63) is 36.7 Å². The Morgan fingerprint density at radius 3 is 2.71 bits per heavy atom. The van der Waals surface area contributed by atoms with Crippen LogP contribution >= 0.6 is 0 Å². The zero-order valence-electron chi connectivity index (χ0n) is 16.5. The molecular weight excluding hydrogens is 400 g/mol. The Morgan fingerprint density at radius 2 is 1.90 bits per heavy atom. The summed E-state index contributed by atoms with van der Waals surface area (Å²) in [7, 11) is 0. The first kappa shape index (κ1) is 19.0. The normalized spacial score (nSPS) is 15.6. The van der Waals surface area contributed by atoms with Crippen LogP contribution in [0, 0.1) is 0 Å². The third kappa shape index (κ3) is 4.16. The topological polar surface area (TPSA) is 140 Å². The highest BCUT2D eigenvalue weighted by Crippen LogP contribution is 2.32. The molecule has 1 aromatic carbocycles. The number of nitrogen functional groups attached to an aromatic ring is 1. The molecule has 11 nitrogen and oxygen atoms in total. The Bertz CT molecular complexity index is 1120. The maximum atomic E-state index is 11.6. The maximum Gasteiger partial charge on any atom is 0.262 e. The van der Waals surface area contributed by atoms with Crippen molar-refractivity contribution in [2.75, 3.05) is 54.2 Å². The van der Waals surface area contributed by atoms with Gasteiger partial charge in [-0.15, -0.1) is 0 Å². The van der Waals surface area contributed by atoms with Crippen molar-refractivity contribution in [3.63, 3.8) is 0 Å². The number of fused-ring (bicyclic) bond motifs is 1. The lowest BCUT2D eigenvalue weighted by atomic mass is 10.2. The minimum atomic E-state index is -0.188. The Labute approximate surface area is 177 Å². The predicted molar refractivity (Wildman–Crippen MR) is 114 cm³/mol. The summed E-state index contributed by atoms with van der Waals surface area (Å²) >= 11 is 0. The molecule has 1 saturated heterocycles. The highest BCUT2D eigenvalue weighted by Gasteiger charge is 2.18. The van der Waals surface area contributed by atoms with Crippen LogP contribution in [-0.2, 0) is 9.53 Å². The van der Waals surface area contributed by atoms with E-state index in [9.17, 15) is 4.79 Å².